The summed E-state index contributed by atoms with van der Waals surface area (Å²) in [6.07, 6.45) is 7.20. The summed E-state index contributed by atoms with van der Waals surface area (Å²) in [4.78, 5) is 0. The minimum atomic E-state index is -2.73. The Morgan fingerprint density at radius 1 is 1.16 bits per heavy atom. The molecule has 4 heteroatoms. The van der Waals surface area contributed by atoms with Crippen LogP contribution < -0.4 is 5.32 Å². The second-order valence-electron chi connectivity index (χ2n) is 6.93. The first-order valence-electron chi connectivity index (χ1n) is 7.90. The smallest absolute Gasteiger partial charge is 0.150 e. The molecule has 1 saturated heterocycles. The summed E-state index contributed by atoms with van der Waals surface area (Å²) in [5.41, 5.74) is 0. The summed E-state index contributed by atoms with van der Waals surface area (Å²) < 4.78 is 23.3. The van der Waals surface area contributed by atoms with Crippen LogP contribution >= 0.6 is 0 Å². The van der Waals surface area contributed by atoms with Gasteiger partial charge in [-0.1, -0.05) is 26.7 Å². The molecule has 0 aromatic heterocycles. The maximum Gasteiger partial charge on any atom is 0.150 e. The van der Waals surface area contributed by atoms with Gasteiger partial charge < -0.3 is 5.32 Å². The van der Waals surface area contributed by atoms with Crippen LogP contribution in [0.5, 0.6) is 0 Å². The van der Waals surface area contributed by atoms with Gasteiger partial charge in [0.2, 0.25) is 0 Å². The second kappa shape index (κ2) is 6.57. The lowest BCUT2D eigenvalue weighted by atomic mass is 9.86. The number of hydrogen-bond donors (Lipinski definition) is 1. The van der Waals surface area contributed by atoms with Gasteiger partial charge in [0.1, 0.15) is 0 Å². The summed E-state index contributed by atoms with van der Waals surface area (Å²) >= 11 is 0. The second-order valence-corrected chi connectivity index (χ2v) is 9.16. The Hall–Kier alpha value is -0.0900. The highest BCUT2D eigenvalue weighted by Gasteiger charge is 2.34. The van der Waals surface area contributed by atoms with E-state index in [1.807, 2.05) is 0 Å². The van der Waals surface area contributed by atoms with Crippen molar-refractivity contribution in [3.05, 3.63) is 0 Å². The lowest BCUT2D eigenvalue weighted by Crippen LogP contribution is -2.30. The third-order valence-corrected chi connectivity index (χ3v) is 6.33. The minimum absolute atomic E-state index is 0.406. The molecule has 3 nitrogen and oxygen atoms in total. The van der Waals surface area contributed by atoms with Crippen molar-refractivity contribution in [1.82, 2.24) is 5.32 Å². The molecule has 2 unspecified atom stereocenters. The van der Waals surface area contributed by atoms with Crippen LogP contribution in [-0.2, 0) is 9.84 Å². The van der Waals surface area contributed by atoms with E-state index in [9.17, 15) is 8.42 Å². The number of sulfone groups is 1. The van der Waals surface area contributed by atoms with Crippen molar-refractivity contribution in [2.24, 2.45) is 17.8 Å². The molecule has 0 bridgehead atoms. The summed E-state index contributed by atoms with van der Waals surface area (Å²) in [7, 11) is -2.73. The van der Waals surface area contributed by atoms with Gasteiger partial charge in [-0.2, -0.15) is 0 Å². The Morgan fingerprint density at radius 3 is 2.42 bits per heavy atom. The molecule has 1 saturated carbocycles. The molecule has 0 radical (unpaired) electrons. The molecule has 2 aliphatic rings. The van der Waals surface area contributed by atoms with E-state index in [1.165, 1.54) is 32.1 Å². The molecule has 0 aromatic carbocycles. The van der Waals surface area contributed by atoms with Crippen molar-refractivity contribution in [2.45, 2.75) is 58.4 Å². The standard InChI is InChI=1S/C15H29NO2S/c1-12(2)4-3-5-13(10-16-15-6-7-15)14-8-9-19(17,18)11-14/h12-16H,3-11H2,1-2H3. The van der Waals surface area contributed by atoms with Crippen LogP contribution in [0, 0.1) is 17.8 Å². The Morgan fingerprint density at radius 2 is 1.89 bits per heavy atom. The zero-order chi connectivity index (χ0) is 13.9. The van der Waals surface area contributed by atoms with Crippen molar-refractivity contribution in [3.8, 4) is 0 Å². The first-order valence-corrected chi connectivity index (χ1v) is 9.72. The molecule has 19 heavy (non-hydrogen) atoms. The van der Waals surface area contributed by atoms with Crippen LogP contribution in [0.1, 0.15) is 52.4 Å². The van der Waals surface area contributed by atoms with Crippen LogP contribution in [-0.4, -0.2) is 32.5 Å². The van der Waals surface area contributed by atoms with E-state index >= 15 is 0 Å². The molecule has 1 heterocycles. The van der Waals surface area contributed by atoms with Gasteiger partial charge in [0.15, 0.2) is 9.84 Å². The minimum Gasteiger partial charge on any atom is -0.314 e. The van der Waals surface area contributed by atoms with Crippen molar-refractivity contribution in [1.29, 1.82) is 0 Å². The molecule has 0 spiro atoms. The molecule has 112 valence electrons. The Bertz CT molecular complexity index is 374. The molecule has 1 N–H and O–H groups in total. The number of hydrogen-bond acceptors (Lipinski definition) is 3. The number of nitrogens with one attached hydrogen (secondary N) is 1. The third-order valence-electron chi connectivity index (χ3n) is 4.54. The predicted octanol–water partition coefficient (Wildman–Crippen LogP) is 2.62. The van der Waals surface area contributed by atoms with Gasteiger partial charge in [-0.25, -0.2) is 8.42 Å². The van der Waals surface area contributed by atoms with Crippen molar-refractivity contribution < 1.29 is 8.42 Å². The summed E-state index contributed by atoms with van der Waals surface area (Å²) in [6.45, 7) is 5.55. The van der Waals surface area contributed by atoms with Gasteiger partial charge in [0, 0.05) is 6.04 Å². The highest BCUT2D eigenvalue weighted by atomic mass is 32.2. The van der Waals surface area contributed by atoms with Gasteiger partial charge in [0.25, 0.3) is 0 Å². The highest BCUT2D eigenvalue weighted by Crippen LogP contribution is 2.30. The molecule has 2 rings (SSSR count). The number of rotatable bonds is 8. The van der Waals surface area contributed by atoms with Crippen molar-refractivity contribution >= 4 is 9.84 Å². The van der Waals surface area contributed by atoms with Crippen LogP contribution in [0.3, 0.4) is 0 Å². The largest absolute Gasteiger partial charge is 0.314 e. The molecule has 2 fully saturated rings. The Balaban J connectivity index is 1.81. The Kier molecular flexibility index (Phi) is 5.29. The molecule has 2 atom stereocenters. The fraction of sp³-hybridized carbons (Fsp3) is 1.00. The third kappa shape index (κ3) is 5.42. The summed E-state index contributed by atoms with van der Waals surface area (Å²) in [5.74, 6) is 2.58. The van der Waals surface area contributed by atoms with Crippen LogP contribution in [0.15, 0.2) is 0 Å². The molecule has 0 amide bonds. The predicted molar refractivity (Wildman–Crippen MR) is 80.0 cm³/mol. The fourth-order valence-corrected chi connectivity index (χ4v) is 5.01. The highest BCUT2D eigenvalue weighted by molar-refractivity contribution is 7.91. The molecule has 1 aliphatic heterocycles. The summed E-state index contributed by atoms with van der Waals surface area (Å²) in [6, 6.07) is 0.727. The van der Waals surface area contributed by atoms with Crippen molar-refractivity contribution in [3.63, 3.8) is 0 Å². The SMILES string of the molecule is CC(C)CCCC(CNC1CC1)C1CCS(=O)(=O)C1. The zero-order valence-electron chi connectivity index (χ0n) is 12.4. The first-order chi connectivity index (χ1) is 8.96. The molecule has 1 aliphatic carbocycles. The van der Waals surface area contributed by atoms with Gasteiger partial charge in [-0.05, 0) is 50.0 Å². The monoisotopic (exact) mass is 287 g/mol. The van der Waals surface area contributed by atoms with E-state index < -0.39 is 9.84 Å². The quantitative estimate of drug-likeness (QED) is 0.746. The molecule has 0 aromatic rings. The van der Waals surface area contributed by atoms with E-state index in [0.717, 1.165) is 24.9 Å². The van der Waals surface area contributed by atoms with E-state index in [-0.39, 0.29) is 0 Å². The van der Waals surface area contributed by atoms with Gasteiger partial charge in [-0.3, -0.25) is 0 Å². The van der Waals surface area contributed by atoms with E-state index in [4.69, 9.17) is 0 Å². The van der Waals surface area contributed by atoms with E-state index in [0.29, 0.717) is 23.3 Å². The molecular weight excluding hydrogens is 258 g/mol. The maximum atomic E-state index is 11.7. The maximum absolute atomic E-state index is 11.7. The summed E-state index contributed by atoms with van der Waals surface area (Å²) in [5, 5.41) is 3.60. The lowest BCUT2D eigenvalue weighted by molar-refractivity contribution is 0.309. The average molecular weight is 287 g/mol. The van der Waals surface area contributed by atoms with E-state index in [2.05, 4.69) is 19.2 Å². The first kappa shape index (κ1) is 15.3. The molecular formula is C15H29NO2S. The topological polar surface area (TPSA) is 46.2 Å². The average Bonchev–Trinajstić information content (AvgIpc) is 3.06. The fourth-order valence-electron chi connectivity index (χ4n) is 3.09. The normalized spacial score (nSPS) is 27.8. The van der Waals surface area contributed by atoms with Crippen LogP contribution in [0.2, 0.25) is 0 Å². The van der Waals surface area contributed by atoms with Gasteiger partial charge in [-0.15, -0.1) is 0 Å². The Labute approximate surface area is 118 Å². The zero-order valence-corrected chi connectivity index (χ0v) is 13.2. The van der Waals surface area contributed by atoms with Crippen molar-refractivity contribution in [2.75, 3.05) is 18.1 Å². The van der Waals surface area contributed by atoms with Crippen LogP contribution in [0.25, 0.3) is 0 Å². The van der Waals surface area contributed by atoms with Gasteiger partial charge in [0.05, 0.1) is 11.5 Å². The lowest BCUT2D eigenvalue weighted by Gasteiger charge is -2.23. The van der Waals surface area contributed by atoms with E-state index in [1.54, 1.807) is 0 Å². The van der Waals surface area contributed by atoms with Crippen LogP contribution in [0.4, 0.5) is 0 Å². The van der Waals surface area contributed by atoms with Gasteiger partial charge >= 0.3 is 0 Å².